The summed E-state index contributed by atoms with van der Waals surface area (Å²) in [4.78, 5) is 11.7. The monoisotopic (exact) mass is 281 g/mol. The number of hydrogen-bond donors (Lipinski definition) is 0. The quantitative estimate of drug-likeness (QED) is 0.865. The summed E-state index contributed by atoms with van der Waals surface area (Å²) in [7, 11) is 1.56. The van der Waals surface area contributed by atoms with Gasteiger partial charge in [0.15, 0.2) is 0 Å². The zero-order valence-electron chi connectivity index (χ0n) is 10.6. The Morgan fingerprint density at radius 1 is 1.32 bits per heavy atom. The molecule has 0 spiro atoms. The van der Waals surface area contributed by atoms with Crippen LogP contribution in [-0.4, -0.2) is 11.2 Å². The summed E-state index contributed by atoms with van der Waals surface area (Å²) < 4.78 is 20.6. The lowest BCUT2D eigenvalue weighted by molar-refractivity contribution is 0.338. The van der Waals surface area contributed by atoms with Crippen LogP contribution in [0.3, 0.4) is 0 Å². The van der Waals surface area contributed by atoms with E-state index >= 15 is 0 Å². The van der Waals surface area contributed by atoms with Gasteiger partial charge in [0.25, 0.3) is 5.56 Å². The first-order valence-electron chi connectivity index (χ1n) is 5.83. The fourth-order valence-corrected chi connectivity index (χ4v) is 2.03. The summed E-state index contributed by atoms with van der Waals surface area (Å²) in [6.07, 6.45) is 0. The minimum Gasteiger partial charge on any atom is -0.494 e. The Balaban J connectivity index is 2.54. The van der Waals surface area contributed by atoms with Crippen molar-refractivity contribution in [2.24, 2.45) is 7.05 Å². The standard InChI is InChI=1S/C14H13ClFNO2/c1-3-19-9-4-5-10(12(16)8-9)13-7-6-11(15)14(18)17(13)2/h4-8H,3H2,1-2H3. The Morgan fingerprint density at radius 3 is 2.68 bits per heavy atom. The van der Waals surface area contributed by atoms with Gasteiger partial charge in [0.2, 0.25) is 0 Å². The van der Waals surface area contributed by atoms with Gasteiger partial charge in [-0.3, -0.25) is 4.79 Å². The molecule has 0 radical (unpaired) electrons. The average Bonchev–Trinajstić information content (AvgIpc) is 2.38. The van der Waals surface area contributed by atoms with Crippen LogP contribution < -0.4 is 10.3 Å². The molecule has 0 atom stereocenters. The molecule has 1 aromatic carbocycles. The number of rotatable bonds is 3. The van der Waals surface area contributed by atoms with E-state index in [9.17, 15) is 9.18 Å². The fraction of sp³-hybridized carbons (Fsp3) is 0.214. The lowest BCUT2D eigenvalue weighted by Crippen LogP contribution is -2.18. The van der Waals surface area contributed by atoms with E-state index in [0.29, 0.717) is 23.6 Å². The Bertz CT molecular complexity index is 667. The van der Waals surface area contributed by atoms with Crippen LogP contribution in [-0.2, 0) is 7.05 Å². The van der Waals surface area contributed by atoms with Crippen LogP contribution in [0.15, 0.2) is 35.1 Å². The molecule has 0 aliphatic carbocycles. The second-order valence-electron chi connectivity index (χ2n) is 4.01. The lowest BCUT2D eigenvalue weighted by atomic mass is 10.1. The third-order valence-corrected chi connectivity index (χ3v) is 3.07. The molecule has 0 amide bonds. The molecule has 0 aliphatic rings. The lowest BCUT2D eigenvalue weighted by Gasteiger charge is -2.11. The number of aromatic nitrogens is 1. The normalized spacial score (nSPS) is 10.5. The minimum absolute atomic E-state index is 0.109. The van der Waals surface area contributed by atoms with Gasteiger partial charge in [0, 0.05) is 18.7 Å². The number of ether oxygens (including phenoxy) is 1. The smallest absolute Gasteiger partial charge is 0.269 e. The summed E-state index contributed by atoms with van der Waals surface area (Å²) in [5.41, 5.74) is 0.446. The summed E-state index contributed by atoms with van der Waals surface area (Å²) in [6.45, 7) is 2.30. The number of benzene rings is 1. The maximum absolute atomic E-state index is 14.0. The Hall–Kier alpha value is -1.81. The molecule has 0 bridgehead atoms. The minimum atomic E-state index is -0.441. The van der Waals surface area contributed by atoms with E-state index in [1.165, 1.54) is 16.7 Å². The molecule has 0 aliphatic heterocycles. The molecular weight excluding hydrogens is 269 g/mol. The van der Waals surface area contributed by atoms with Crippen LogP contribution in [0.4, 0.5) is 4.39 Å². The molecule has 0 unspecified atom stereocenters. The molecule has 1 heterocycles. The first kappa shape index (κ1) is 13.6. The van der Waals surface area contributed by atoms with E-state index in [2.05, 4.69) is 0 Å². The van der Waals surface area contributed by atoms with Gasteiger partial charge < -0.3 is 9.30 Å². The molecule has 0 N–H and O–H groups in total. The van der Waals surface area contributed by atoms with Crippen molar-refractivity contribution in [2.45, 2.75) is 6.92 Å². The Kier molecular flexibility index (Phi) is 3.90. The molecule has 0 saturated heterocycles. The van der Waals surface area contributed by atoms with Gasteiger partial charge in [0.1, 0.15) is 16.6 Å². The van der Waals surface area contributed by atoms with Gasteiger partial charge in [-0.25, -0.2) is 4.39 Å². The van der Waals surface area contributed by atoms with E-state index in [0.717, 1.165) is 0 Å². The molecule has 3 nitrogen and oxygen atoms in total. The van der Waals surface area contributed by atoms with E-state index in [4.69, 9.17) is 16.3 Å². The van der Waals surface area contributed by atoms with E-state index in [1.807, 2.05) is 6.92 Å². The predicted molar refractivity (Wildman–Crippen MR) is 73.3 cm³/mol. The first-order chi connectivity index (χ1) is 9.04. The molecule has 100 valence electrons. The van der Waals surface area contributed by atoms with Gasteiger partial charge in [-0.1, -0.05) is 11.6 Å². The van der Waals surface area contributed by atoms with Gasteiger partial charge >= 0.3 is 0 Å². The SMILES string of the molecule is CCOc1ccc(-c2ccc(Cl)c(=O)n2C)c(F)c1. The molecule has 19 heavy (non-hydrogen) atoms. The first-order valence-corrected chi connectivity index (χ1v) is 6.20. The number of hydrogen-bond acceptors (Lipinski definition) is 2. The maximum atomic E-state index is 14.0. The third kappa shape index (κ3) is 2.63. The van der Waals surface area contributed by atoms with Crippen LogP contribution in [0.5, 0.6) is 5.75 Å². The number of nitrogens with zero attached hydrogens (tertiary/aromatic N) is 1. The molecule has 2 rings (SSSR count). The largest absolute Gasteiger partial charge is 0.494 e. The molecule has 5 heteroatoms. The number of pyridine rings is 1. The topological polar surface area (TPSA) is 31.2 Å². The van der Waals surface area contributed by atoms with E-state index in [1.54, 1.807) is 25.2 Å². The van der Waals surface area contributed by atoms with Crippen LogP contribution in [0, 0.1) is 5.82 Å². The van der Waals surface area contributed by atoms with Crippen molar-refractivity contribution in [3.63, 3.8) is 0 Å². The molecular formula is C14H13ClFNO2. The van der Waals surface area contributed by atoms with Crippen molar-refractivity contribution < 1.29 is 9.13 Å². The van der Waals surface area contributed by atoms with Gasteiger partial charge in [-0.2, -0.15) is 0 Å². The zero-order valence-corrected chi connectivity index (χ0v) is 11.4. The van der Waals surface area contributed by atoms with Crippen molar-refractivity contribution in [1.29, 1.82) is 0 Å². The van der Waals surface area contributed by atoms with Gasteiger partial charge in [0.05, 0.1) is 12.3 Å². The van der Waals surface area contributed by atoms with Crippen LogP contribution >= 0.6 is 11.6 Å². The number of halogens is 2. The molecule has 0 saturated carbocycles. The Morgan fingerprint density at radius 2 is 2.05 bits per heavy atom. The fourth-order valence-electron chi connectivity index (χ4n) is 1.84. The van der Waals surface area contributed by atoms with E-state index < -0.39 is 5.82 Å². The van der Waals surface area contributed by atoms with Crippen molar-refractivity contribution in [1.82, 2.24) is 4.57 Å². The van der Waals surface area contributed by atoms with Crippen molar-refractivity contribution in [3.8, 4) is 17.0 Å². The highest BCUT2D eigenvalue weighted by Gasteiger charge is 2.11. The second-order valence-corrected chi connectivity index (χ2v) is 4.41. The molecule has 2 aromatic rings. The van der Waals surface area contributed by atoms with Gasteiger partial charge in [-0.05, 0) is 31.2 Å². The maximum Gasteiger partial charge on any atom is 0.269 e. The van der Waals surface area contributed by atoms with Crippen LogP contribution in [0.2, 0.25) is 5.02 Å². The summed E-state index contributed by atoms with van der Waals surface area (Å²) in [5, 5.41) is 0.109. The molecule has 0 fully saturated rings. The highest BCUT2D eigenvalue weighted by Crippen LogP contribution is 2.25. The van der Waals surface area contributed by atoms with Crippen LogP contribution in [0.25, 0.3) is 11.3 Å². The second kappa shape index (κ2) is 5.45. The van der Waals surface area contributed by atoms with Crippen LogP contribution in [0.1, 0.15) is 6.92 Å². The van der Waals surface area contributed by atoms with E-state index in [-0.39, 0.29) is 10.6 Å². The predicted octanol–water partition coefficient (Wildman–Crippen LogP) is 3.24. The highest BCUT2D eigenvalue weighted by molar-refractivity contribution is 6.30. The van der Waals surface area contributed by atoms with Crippen molar-refractivity contribution >= 4 is 11.6 Å². The average molecular weight is 282 g/mol. The summed E-state index contributed by atoms with van der Waals surface area (Å²) in [5.74, 6) is 0.0194. The Labute approximate surface area is 115 Å². The third-order valence-electron chi connectivity index (χ3n) is 2.79. The summed E-state index contributed by atoms with van der Waals surface area (Å²) in [6, 6.07) is 7.64. The highest BCUT2D eigenvalue weighted by atomic mass is 35.5. The molecule has 1 aromatic heterocycles. The zero-order chi connectivity index (χ0) is 14.0. The summed E-state index contributed by atoms with van der Waals surface area (Å²) >= 11 is 5.73. The van der Waals surface area contributed by atoms with Crippen molar-refractivity contribution in [2.75, 3.05) is 6.61 Å². The van der Waals surface area contributed by atoms with Crippen molar-refractivity contribution in [3.05, 3.63) is 51.5 Å². The van der Waals surface area contributed by atoms with Gasteiger partial charge in [-0.15, -0.1) is 0 Å².